The van der Waals surface area contributed by atoms with Crippen molar-refractivity contribution in [2.75, 3.05) is 0 Å². The molecule has 0 aliphatic rings. The zero-order valence-electron chi connectivity index (χ0n) is 10.4. The molecule has 0 spiro atoms. The van der Waals surface area contributed by atoms with Crippen LogP contribution >= 0.6 is 11.3 Å². The second-order valence-corrected chi connectivity index (χ2v) is 5.36. The summed E-state index contributed by atoms with van der Waals surface area (Å²) >= 11 is 1.65. The molecule has 0 saturated carbocycles. The number of hydrogen-bond donors (Lipinski definition) is 1. The van der Waals surface area contributed by atoms with Crippen LogP contribution in [0.4, 0.5) is 0 Å². The fourth-order valence-corrected chi connectivity index (χ4v) is 2.69. The summed E-state index contributed by atoms with van der Waals surface area (Å²) < 4.78 is 0. The Hall–Kier alpha value is -2.20. The molecule has 2 aromatic heterocycles. The van der Waals surface area contributed by atoms with Crippen LogP contribution in [0.25, 0.3) is 22.6 Å². The Morgan fingerprint density at radius 1 is 1.16 bits per heavy atom. The SMILES string of the molecule is Cc1sccc1-c1cc(=O)[nH]c(-c2ccccc2)n1. The van der Waals surface area contributed by atoms with Gasteiger partial charge in [0.05, 0.1) is 5.69 Å². The largest absolute Gasteiger partial charge is 0.306 e. The van der Waals surface area contributed by atoms with E-state index in [-0.39, 0.29) is 5.56 Å². The molecule has 3 rings (SSSR count). The van der Waals surface area contributed by atoms with Gasteiger partial charge < -0.3 is 4.98 Å². The molecule has 1 N–H and O–H groups in total. The standard InChI is InChI=1S/C15H12N2OS/c1-10-12(7-8-19-10)13-9-14(18)17-15(16-13)11-5-3-2-4-6-11/h2-9H,1H3,(H,16,17,18). The molecule has 0 atom stereocenters. The van der Waals surface area contributed by atoms with Crippen molar-refractivity contribution in [2.45, 2.75) is 6.92 Å². The lowest BCUT2D eigenvalue weighted by atomic mass is 10.1. The predicted octanol–water partition coefficient (Wildman–Crippen LogP) is 3.47. The van der Waals surface area contributed by atoms with Crippen LogP contribution in [-0.4, -0.2) is 9.97 Å². The molecule has 0 fully saturated rings. The van der Waals surface area contributed by atoms with Gasteiger partial charge in [-0.15, -0.1) is 11.3 Å². The van der Waals surface area contributed by atoms with Crippen molar-refractivity contribution in [2.24, 2.45) is 0 Å². The molecule has 3 nitrogen and oxygen atoms in total. The van der Waals surface area contributed by atoms with Crippen LogP contribution in [0, 0.1) is 6.92 Å². The van der Waals surface area contributed by atoms with E-state index in [1.807, 2.05) is 48.7 Å². The molecular formula is C15H12N2OS. The Morgan fingerprint density at radius 3 is 2.63 bits per heavy atom. The van der Waals surface area contributed by atoms with Crippen LogP contribution in [0.1, 0.15) is 4.88 Å². The number of rotatable bonds is 2. The predicted molar refractivity (Wildman–Crippen MR) is 78.3 cm³/mol. The third kappa shape index (κ3) is 2.35. The van der Waals surface area contributed by atoms with Crippen LogP contribution in [0.15, 0.2) is 52.6 Å². The minimum absolute atomic E-state index is 0.130. The molecule has 0 aliphatic carbocycles. The topological polar surface area (TPSA) is 45.8 Å². The monoisotopic (exact) mass is 268 g/mol. The highest BCUT2D eigenvalue weighted by atomic mass is 32.1. The first-order valence-corrected chi connectivity index (χ1v) is 6.83. The maximum Gasteiger partial charge on any atom is 0.251 e. The average Bonchev–Trinajstić information content (AvgIpc) is 2.85. The quantitative estimate of drug-likeness (QED) is 0.773. The molecule has 19 heavy (non-hydrogen) atoms. The molecular weight excluding hydrogens is 256 g/mol. The lowest BCUT2D eigenvalue weighted by Crippen LogP contribution is -2.08. The highest BCUT2D eigenvalue weighted by molar-refractivity contribution is 7.10. The first-order chi connectivity index (χ1) is 9.24. The molecule has 0 unspecified atom stereocenters. The minimum Gasteiger partial charge on any atom is -0.306 e. The zero-order chi connectivity index (χ0) is 13.2. The summed E-state index contributed by atoms with van der Waals surface area (Å²) in [7, 11) is 0. The summed E-state index contributed by atoms with van der Waals surface area (Å²) in [5, 5.41) is 2.01. The highest BCUT2D eigenvalue weighted by Crippen LogP contribution is 2.26. The smallest absolute Gasteiger partial charge is 0.251 e. The second-order valence-electron chi connectivity index (χ2n) is 4.24. The van der Waals surface area contributed by atoms with Gasteiger partial charge in [0.25, 0.3) is 5.56 Å². The van der Waals surface area contributed by atoms with Crippen LogP contribution in [0.5, 0.6) is 0 Å². The van der Waals surface area contributed by atoms with Gasteiger partial charge in [0.15, 0.2) is 0 Å². The molecule has 0 saturated heterocycles. The fraction of sp³-hybridized carbons (Fsp3) is 0.0667. The van der Waals surface area contributed by atoms with Gasteiger partial charge in [-0.2, -0.15) is 0 Å². The van der Waals surface area contributed by atoms with E-state index in [4.69, 9.17) is 0 Å². The van der Waals surface area contributed by atoms with E-state index in [0.717, 1.165) is 21.7 Å². The van der Waals surface area contributed by atoms with Crippen molar-refractivity contribution in [1.29, 1.82) is 0 Å². The van der Waals surface area contributed by atoms with Gasteiger partial charge in [0, 0.05) is 22.1 Å². The van der Waals surface area contributed by atoms with Crippen molar-refractivity contribution in [1.82, 2.24) is 9.97 Å². The van der Waals surface area contributed by atoms with Crippen molar-refractivity contribution < 1.29 is 0 Å². The van der Waals surface area contributed by atoms with E-state index in [1.165, 1.54) is 0 Å². The normalized spacial score (nSPS) is 10.6. The fourth-order valence-electron chi connectivity index (χ4n) is 1.98. The van der Waals surface area contributed by atoms with E-state index in [1.54, 1.807) is 17.4 Å². The molecule has 94 valence electrons. The van der Waals surface area contributed by atoms with Gasteiger partial charge in [-0.1, -0.05) is 30.3 Å². The number of benzene rings is 1. The van der Waals surface area contributed by atoms with Crippen molar-refractivity contribution in [3.8, 4) is 22.6 Å². The number of nitrogens with one attached hydrogen (secondary N) is 1. The Labute approximate surface area is 114 Å². The average molecular weight is 268 g/mol. The lowest BCUT2D eigenvalue weighted by Gasteiger charge is -2.04. The van der Waals surface area contributed by atoms with E-state index in [2.05, 4.69) is 9.97 Å². The number of nitrogens with zero attached hydrogens (tertiary/aromatic N) is 1. The first kappa shape index (κ1) is 11.9. The maximum atomic E-state index is 11.8. The summed E-state index contributed by atoms with van der Waals surface area (Å²) in [4.78, 5) is 20.3. The molecule has 2 heterocycles. The van der Waals surface area contributed by atoms with E-state index in [0.29, 0.717) is 5.82 Å². The number of aromatic nitrogens is 2. The minimum atomic E-state index is -0.130. The van der Waals surface area contributed by atoms with E-state index >= 15 is 0 Å². The van der Waals surface area contributed by atoms with E-state index in [9.17, 15) is 4.79 Å². The summed E-state index contributed by atoms with van der Waals surface area (Å²) in [6, 6.07) is 13.2. The number of aromatic amines is 1. The summed E-state index contributed by atoms with van der Waals surface area (Å²) in [5.74, 6) is 0.605. The molecule has 4 heteroatoms. The van der Waals surface area contributed by atoms with Gasteiger partial charge in [0.1, 0.15) is 5.82 Å². The van der Waals surface area contributed by atoms with Gasteiger partial charge in [-0.05, 0) is 18.4 Å². The lowest BCUT2D eigenvalue weighted by molar-refractivity contribution is 1.13. The van der Waals surface area contributed by atoms with E-state index < -0.39 is 0 Å². The van der Waals surface area contributed by atoms with Gasteiger partial charge in [-0.25, -0.2) is 4.98 Å². The Bertz CT molecular complexity index is 759. The molecule has 0 radical (unpaired) electrons. The molecule has 1 aromatic carbocycles. The Morgan fingerprint density at radius 2 is 1.95 bits per heavy atom. The molecule has 0 bridgehead atoms. The van der Waals surface area contributed by atoms with Gasteiger partial charge in [0.2, 0.25) is 0 Å². The first-order valence-electron chi connectivity index (χ1n) is 5.95. The Kier molecular flexibility index (Phi) is 3.01. The van der Waals surface area contributed by atoms with Crippen LogP contribution < -0.4 is 5.56 Å². The number of thiophene rings is 1. The second kappa shape index (κ2) is 4.82. The Balaban J connectivity index is 2.17. The highest BCUT2D eigenvalue weighted by Gasteiger charge is 2.08. The molecule has 3 aromatic rings. The van der Waals surface area contributed by atoms with Crippen molar-refractivity contribution in [3.05, 3.63) is 63.1 Å². The number of hydrogen-bond acceptors (Lipinski definition) is 3. The maximum absolute atomic E-state index is 11.8. The third-order valence-corrected chi connectivity index (χ3v) is 3.77. The number of H-pyrrole nitrogens is 1. The van der Waals surface area contributed by atoms with Crippen molar-refractivity contribution >= 4 is 11.3 Å². The summed E-state index contributed by atoms with van der Waals surface area (Å²) in [6.45, 7) is 2.03. The summed E-state index contributed by atoms with van der Waals surface area (Å²) in [5.41, 5.74) is 2.53. The third-order valence-electron chi connectivity index (χ3n) is 2.92. The van der Waals surface area contributed by atoms with Crippen molar-refractivity contribution in [3.63, 3.8) is 0 Å². The zero-order valence-corrected chi connectivity index (χ0v) is 11.2. The van der Waals surface area contributed by atoms with Crippen LogP contribution in [0.2, 0.25) is 0 Å². The van der Waals surface area contributed by atoms with Crippen LogP contribution in [-0.2, 0) is 0 Å². The molecule has 0 aliphatic heterocycles. The summed E-state index contributed by atoms with van der Waals surface area (Å²) in [6.07, 6.45) is 0. The number of aryl methyl sites for hydroxylation is 1. The molecule has 0 amide bonds. The van der Waals surface area contributed by atoms with Gasteiger partial charge in [-0.3, -0.25) is 4.79 Å². The van der Waals surface area contributed by atoms with Crippen LogP contribution in [0.3, 0.4) is 0 Å². The van der Waals surface area contributed by atoms with Gasteiger partial charge >= 0.3 is 0 Å².